The zero-order valence-electron chi connectivity index (χ0n) is 13.9. The van der Waals surface area contributed by atoms with Crippen LogP contribution in [0.1, 0.15) is 19.3 Å². The number of halogens is 2. The normalized spacial score (nSPS) is 18.3. The molecule has 1 heterocycles. The average Bonchev–Trinajstić information content (AvgIpc) is 2.90. The molecular weight excluding hydrogens is 405 g/mol. The van der Waals surface area contributed by atoms with E-state index in [2.05, 4.69) is 5.32 Å². The van der Waals surface area contributed by atoms with Gasteiger partial charge < -0.3 is 14.8 Å². The molecule has 0 bridgehead atoms. The molecule has 0 saturated carbocycles. The number of benzene rings is 1. The molecule has 1 saturated heterocycles. The van der Waals surface area contributed by atoms with E-state index in [1.165, 1.54) is 0 Å². The zero-order chi connectivity index (χ0) is 19.2. The molecule has 2 rings (SSSR count). The highest BCUT2D eigenvalue weighted by Crippen LogP contribution is 2.27. The topological polar surface area (TPSA) is 98.8 Å². The molecule has 144 valence electrons. The molecule has 1 fully saturated rings. The summed E-state index contributed by atoms with van der Waals surface area (Å²) in [5.41, 5.74) is 0. The number of hydrogen-bond acceptors (Lipinski definition) is 6. The molecular formula is C16H19Cl2NO6S. The Balaban J connectivity index is 1.59. The van der Waals surface area contributed by atoms with Crippen molar-refractivity contribution in [2.75, 3.05) is 24.7 Å². The molecule has 1 amide bonds. The zero-order valence-corrected chi connectivity index (χ0v) is 16.2. The summed E-state index contributed by atoms with van der Waals surface area (Å²) in [5, 5.41) is 3.42. The van der Waals surface area contributed by atoms with Crippen LogP contribution in [0, 0.1) is 0 Å². The first-order valence-electron chi connectivity index (χ1n) is 7.98. The molecule has 1 atom stereocenters. The molecule has 1 N–H and O–H groups in total. The third-order valence-corrected chi connectivity index (χ3v) is 5.94. The van der Waals surface area contributed by atoms with Crippen molar-refractivity contribution in [3.8, 4) is 5.75 Å². The highest BCUT2D eigenvalue weighted by atomic mass is 35.5. The van der Waals surface area contributed by atoms with Gasteiger partial charge in [-0.1, -0.05) is 23.2 Å². The molecule has 26 heavy (non-hydrogen) atoms. The van der Waals surface area contributed by atoms with Gasteiger partial charge in [-0.2, -0.15) is 0 Å². The van der Waals surface area contributed by atoms with E-state index in [1.807, 2.05) is 0 Å². The summed E-state index contributed by atoms with van der Waals surface area (Å²) in [7, 11) is -3.07. The standard InChI is InChI=1S/C16H19Cl2NO6S/c17-11-3-4-14(13(18)8-11)24-6-1-2-16(21)25-9-15(20)19-12-5-7-26(22,23)10-12/h3-4,8,12H,1-2,5-7,9-10H2,(H,19,20)/t12-/m1/s1. The van der Waals surface area contributed by atoms with Crippen LogP contribution in [0.4, 0.5) is 0 Å². The van der Waals surface area contributed by atoms with E-state index >= 15 is 0 Å². The van der Waals surface area contributed by atoms with Gasteiger partial charge in [0.1, 0.15) is 5.75 Å². The first-order chi connectivity index (χ1) is 12.2. The number of sulfone groups is 1. The Morgan fingerprint density at radius 2 is 2.04 bits per heavy atom. The van der Waals surface area contributed by atoms with Crippen molar-refractivity contribution in [3.05, 3.63) is 28.2 Å². The van der Waals surface area contributed by atoms with Crippen molar-refractivity contribution in [3.63, 3.8) is 0 Å². The van der Waals surface area contributed by atoms with Crippen molar-refractivity contribution in [2.24, 2.45) is 0 Å². The summed E-state index contributed by atoms with van der Waals surface area (Å²) >= 11 is 11.7. The van der Waals surface area contributed by atoms with Crippen molar-refractivity contribution in [2.45, 2.75) is 25.3 Å². The number of nitrogens with one attached hydrogen (secondary N) is 1. The van der Waals surface area contributed by atoms with Gasteiger partial charge in [0.05, 0.1) is 23.1 Å². The molecule has 1 aromatic rings. The Labute approximate surface area is 161 Å². The lowest BCUT2D eigenvalue weighted by molar-refractivity contribution is -0.148. The smallest absolute Gasteiger partial charge is 0.306 e. The first kappa shape index (κ1) is 20.8. The second-order valence-corrected chi connectivity index (χ2v) is 8.93. The third kappa shape index (κ3) is 7.01. The number of hydrogen-bond donors (Lipinski definition) is 1. The molecule has 10 heteroatoms. The molecule has 0 radical (unpaired) electrons. The summed E-state index contributed by atoms with van der Waals surface area (Å²) < 4.78 is 32.9. The summed E-state index contributed by atoms with van der Waals surface area (Å²) in [6.45, 7) is -0.179. The van der Waals surface area contributed by atoms with Crippen LogP contribution in [0.25, 0.3) is 0 Å². The molecule has 1 aliphatic heterocycles. The van der Waals surface area contributed by atoms with Crippen LogP contribution in [0.5, 0.6) is 5.75 Å². The summed E-state index contributed by atoms with van der Waals surface area (Å²) in [6, 6.07) is 4.42. The Hall–Kier alpha value is -1.51. The number of carbonyl (C=O) groups excluding carboxylic acids is 2. The van der Waals surface area contributed by atoms with Gasteiger partial charge in [-0.25, -0.2) is 8.42 Å². The minimum Gasteiger partial charge on any atom is -0.492 e. The number of rotatable bonds is 8. The molecule has 1 aliphatic rings. The number of carbonyl (C=O) groups is 2. The predicted octanol–water partition coefficient (Wildman–Crippen LogP) is 2.00. The minimum atomic E-state index is -3.07. The van der Waals surface area contributed by atoms with Crippen LogP contribution in [0.15, 0.2) is 18.2 Å². The van der Waals surface area contributed by atoms with Gasteiger partial charge in [0, 0.05) is 17.5 Å². The molecule has 0 spiro atoms. The fourth-order valence-electron chi connectivity index (χ4n) is 2.39. The SMILES string of the molecule is O=C(COC(=O)CCCOc1ccc(Cl)cc1Cl)N[C@@H]1CCS(=O)(=O)C1. The molecule has 7 nitrogen and oxygen atoms in total. The maximum absolute atomic E-state index is 11.7. The summed E-state index contributed by atoms with van der Waals surface area (Å²) in [4.78, 5) is 23.3. The lowest BCUT2D eigenvalue weighted by Crippen LogP contribution is -2.38. The van der Waals surface area contributed by atoms with E-state index in [0.717, 1.165) is 0 Å². The van der Waals surface area contributed by atoms with Crippen LogP contribution in [0.2, 0.25) is 10.0 Å². The van der Waals surface area contributed by atoms with Gasteiger partial charge in [0.2, 0.25) is 0 Å². The van der Waals surface area contributed by atoms with E-state index in [1.54, 1.807) is 18.2 Å². The lowest BCUT2D eigenvalue weighted by atomic mass is 10.2. The maximum Gasteiger partial charge on any atom is 0.306 e. The van der Waals surface area contributed by atoms with E-state index < -0.39 is 34.4 Å². The van der Waals surface area contributed by atoms with Crippen molar-refractivity contribution in [1.82, 2.24) is 5.32 Å². The number of esters is 1. The highest BCUT2D eigenvalue weighted by Gasteiger charge is 2.28. The van der Waals surface area contributed by atoms with Crippen molar-refractivity contribution in [1.29, 1.82) is 0 Å². The van der Waals surface area contributed by atoms with Crippen molar-refractivity contribution < 1.29 is 27.5 Å². The van der Waals surface area contributed by atoms with E-state index in [-0.39, 0.29) is 24.5 Å². The van der Waals surface area contributed by atoms with Gasteiger partial charge in [-0.3, -0.25) is 9.59 Å². The lowest BCUT2D eigenvalue weighted by Gasteiger charge is -2.11. The van der Waals surface area contributed by atoms with Gasteiger partial charge in [-0.15, -0.1) is 0 Å². The summed E-state index contributed by atoms with van der Waals surface area (Å²) in [5.74, 6) is -0.586. The van der Waals surface area contributed by atoms with Crippen LogP contribution < -0.4 is 10.1 Å². The van der Waals surface area contributed by atoms with Gasteiger partial charge in [0.15, 0.2) is 16.4 Å². The summed E-state index contributed by atoms with van der Waals surface area (Å²) in [6.07, 6.45) is 0.850. The predicted molar refractivity (Wildman–Crippen MR) is 97.4 cm³/mol. The van der Waals surface area contributed by atoms with Gasteiger partial charge in [-0.05, 0) is 31.0 Å². The Morgan fingerprint density at radius 3 is 2.69 bits per heavy atom. The third-order valence-electron chi connectivity index (χ3n) is 3.64. The molecule has 0 aromatic heterocycles. The highest BCUT2D eigenvalue weighted by molar-refractivity contribution is 7.91. The van der Waals surface area contributed by atoms with Gasteiger partial charge >= 0.3 is 5.97 Å². The van der Waals surface area contributed by atoms with Crippen LogP contribution in [-0.4, -0.2) is 51.1 Å². The largest absolute Gasteiger partial charge is 0.492 e. The van der Waals surface area contributed by atoms with Crippen LogP contribution >= 0.6 is 23.2 Å². The molecule has 1 aromatic carbocycles. The monoisotopic (exact) mass is 423 g/mol. The van der Waals surface area contributed by atoms with Crippen LogP contribution in [0.3, 0.4) is 0 Å². The van der Waals surface area contributed by atoms with Crippen molar-refractivity contribution >= 4 is 44.9 Å². The quantitative estimate of drug-likeness (QED) is 0.506. The average molecular weight is 424 g/mol. The fraction of sp³-hybridized carbons (Fsp3) is 0.500. The van der Waals surface area contributed by atoms with Gasteiger partial charge in [0.25, 0.3) is 5.91 Å². The number of amides is 1. The molecule has 0 aliphatic carbocycles. The maximum atomic E-state index is 11.7. The second kappa shape index (κ2) is 9.43. The fourth-order valence-corrected chi connectivity index (χ4v) is 4.52. The number of ether oxygens (including phenoxy) is 2. The van der Waals surface area contributed by atoms with E-state index in [9.17, 15) is 18.0 Å². The second-order valence-electron chi connectivity index (χ2n) is 5.85. The first-order valence-corrected chi connectivity index (χ1v) is 10.6. The Morgan fingerprint density at radius 1 is 1.27 bits per heavy atom. The molecule has 0 unspecified atom stereocenters. The minimum absolute atomic E-state index is 0.0649. The van der Waals surface area contributed by atoms with E-state index in [0.29, 0.717) is 28.6 Å². The van der Waals surface area contributed by atoms with Crippen LogP contribution in [-0.2, 0) is 24.2 Å². The van der Waals surface area contributed by atoms with E-state index in [4.69, 9.17) is 32.7 Å². The Kier molecular flexibility index (Phi) is 7.55. The Bertz CT molecular complexity index is 768.